The van der Waals surface area contributed by atoms with Crippen molar-refractivity contribution in [2.75, 3.05) is 26.1 Å². The van der Waals surface area contributed by atoms with Crippen LogP contribution < -0.4 is 5.73 Å². The summed E-state index contributed by atoms with van der Waals surface area (Å²) in [5, 5.41) is 4.98. The van der Waals surface area contributed by atoms with Crippen molar-refractivity contribution in [1.82, 2.24) is 14.8 Å². The number of hydrogen-bond acceptors (Lipinski definition) is 6. The van der Waals surface area contributed by atoms with Crippen LogP contribution in [0.2, 0.25) is 0 Å². The minimum atomic E-state index is -0.498. The van der Waals surface area contributed by atoms with Crippen LogP contribution in [0, 0.1) is 6.92 Å². The lowest BCUT2D eigenvalue weighted by molar-refractivity contribution is 0.0550. The summed E-state index contributed by atoms with van der Waals surface area (Å²) in [5.74, 6) is -0.498. The predicted molar refractivity (Wildman–Crippen MR) is 88.3 cm³/mol. The molecule has 2 aromatic heterocycles. The number of rotatable bonds is 8. The molecule has 0 aliphatic heterocycles. The summed E-state index contributed by atoms with van der Waals surface area (Å²) in [5.41, 5.74) is 7.99. The first-order valence-corrected chi connectivity index (χ1v) is 7.48. The van der Waals surface area contributed by atoms with E-state index in [4.69, 9.17) is 15.2 Å². The second kappa shape index (κ2) is 7.73. The van der Waals surface area contributed by atoms with Gasteiger partial charge < -0.3 is 15.2 Å². The number of nitrogen functional groups attached to an aromatic ring is 1. The summed E-state index contributed by atoms with van der Waals surface area (Å²) in [4.78, 5) is 16.6. The number of hydrogen-bond donors (Lipinski definition) is 1. The van der Waals surface area contributed by atoms with Crippen LogP contribution in [0.1, 0.15) is 28.9 Å². The fourth-order valence-corrected chi connectivity index (χ4v) is 2.37. The number of aromatic nitrogens is 3. The first-order chi connectivity index (χ1) is 11.1. The van der Waals surface area contributed by atoms with Crippen molar-refractivity contribution < 1.29 is 14.3 Å². The highest BCUT2D eigenvalue weighted by Crippen LogP contribution is 2.26. The number of aryl methyl sites for hydroxylation is 2. The van der Waals surface area contributed by atoms with Crippen LogP contribution in [-0.4, -0.2) is 41.1 Å². The van der Waals surface area contributed by atoms with Crippen molar-refractivity contribution in [2.45, 2.75) is 26.3 Å². The number of esters is 1. The van der Waals surface area contributed by atoms with Crippen LogP contribution in [-0.2, 0) is 16.0 Å². The molecule has 0 aromatic carbocycles. The average Bonchev–Trinajstić information content (AvgIpc) is 2.92. The standard InChI is InChI=1S/C16H22N4O3/c1-4-8-23-16(21)13-11(2)19-15-12(14(13)17)10-18-20(15)7-5-6-9-22-3/h4,10H,1,5-9H2,2-3H3,(H2,17,19). The Morgan fingerprint density at radius 3 is 2.96 bits per heavy atom. The first-order valence-electron chi connectivity index (χ1n) is 7.48. The van der Waals surface area contributed by atoms with E-state index in [-0.39, 0.29) is 6.61 Å². The molecular weight excluding hydrogens is 296 g/mol. The van der Waals surface area contributed by atoms with E-state index in [1.54, 1.807) is 24.9 Å². The van der Waals surface area contributed by atoms with Crippen molar-refractivity contribution in [3.8, 4) is 0 Å². The van der Waals surface area contributed by atoms with Crippen molar-refractivity contribution in [3.63, 3.8) is 0 Å². The zero-order chi connectivity index (χ0) is 16.8. The Morgan fingerprint density at radius 1 is 1.48 bits per heavy atom. The van der Waals surface area contributed by atoms with E-state index in [0.717, 1.165) is 19.4 Å². The first kappa shape index (κ1) is 17.0. The van der Waals surface area contributed by atoms with Crippen LogP contribution in [0.3, 0.4) is 0 Å². The van der Waals surface area contributed by atoms with Crippen LogP contribution in [0.4, 0.5) is 5.69 Å². The molecule has 23 heavy (non-hydrogen) atoms. The molecule has 0 saturated carbocycles. The Kier molecular flexibility index (Phi) is 5.70. The number of unbranched alkanes of at least 4 members (excludes halogenated alkanes) is 1. The molecule has 2 rings (SSSR count). The number of nitrogens with two attached hydrogens (primary N) is 1. The summed E-state index contributed by atoms with van der Waals surface area (Å²) in [6.07, 6.45) is 5.01. The normalized spacial score (nSPS) is 10.9. The second-order valence-electron chi connectivity index (χ2n) is 5.18. The molecule has 0 bridgehead atoms. The van der Waals surface area contributed by atoms with Gasteiger partial charge in [0, 0.05) is 20.3 Å². The van der Waals surface area contributed by atoms with E-state index >= 15 is 0 Å². The molecule has 0 aliphatic carbocycles. The highest BCUT2D eigenvalue weighted by molar-refractivity contribution is 6.04. The van der Waals surface area contributed by atoms with E-state index in [2.05, 4.69) is 16.7 Å². The molecular formula is C16H22N4O3. The molecule has 2 aromatic rings. The van der Waals surface area contributed by atoms with Crippen molar-refractivity contribution in [3.05, 3.63) is 30.1 Å². The molecule has 0 saturated heterocycles. The van der Waals surface area contributed by atoms with E-state index in [1.807, 2.05) is 0 Å². The fraction of sp³-hybridized carbons (Fsp3) is 0.438. The highest BCUT2D eigenvalue weighted by atomic mass is 16.5. The Morgan fingerprint density at radius 2 is 2.26 bits per heavy atom. The molecule has 2 heterocycles. The third kappa shape index (κ3) is 3.68. The van der Waals surface area contributed by atoms with Crippen LogP contribution in [0.25, 0.3) is 11.0 Å². The van der Waals surface area contributed by atoms with Crippen LogP contribution in [0.15, 0.2) is 18.9 Å². The zero-order valence-electron chi connectivity index (χ0n) is 13.5. The number of nitrogens with zero attached hydrogens (tertiary/aromatic N) is 3. The number of methoxy groups -OCH3 is 1. The number of ether oxygens (including phenoxy) is 2. The van der Waals surface area contributed by atoms with Gasteiger partial charge in [0.25, 0.3) is 0 Å². The van der Waals surface area contributed by atoms with Gasteiger partial charge in [-0.2, -0.15) is 5.10 Å². The van der Waals surface area contributed by atoms with Gasteiger partial charge >= 0.3 is 5.97 Å². The lowest BCUT2D eigenvalue weighted by atomic mass is 10.1. The molecule has 0 spiro atoms. The maximum absolute atomic E-state index is 12.1. The molecule has 0 fully saturated rings. The van der Waals surface area contributed by atoms with Gasteiger partial charge in [0.2, 0.25) is 0 Å². The van der Waals surface area contributed by atoms with Gasteiger partial charge in [-0.25, -0.2) is 14.5 Å². The summed E-state index contributed by atoms with van der Waals surface area (Å²) >= 11 is 0. The summed E-state index contributed by atoms with van der Waals surface area (Å²) < 4.78 is 11.9. The van der Waals surface area contributed by atoms with Gasteiger partial charge in [-0.15, -0.1) is 0 Å². The van der Waals surface area contributed by atoms with E-state index < -0.39 is 5.97 Å². The van der Waals surface area contributed by atoms with Crippen molar-refractivity contribution in [1.29, 1.82) is 0 Å². The highest BCUT2D eigenvalue weighted by Gasteiger charge is 2.20. The summed E-state index contributed by atoms with van der Waals surface area (Å²) in [6.45, 7) is 6.83. The van der Waals surface area contributed by atoms with Crippen LogP contribution in [0.5, 0.6) is 0 Å². The number of pyridine rings is 1. The minimum absolute atomic E-state index is 0.133. The van der Waals surface area contributed by atoms with Crippen molar-refractivity contribution in [2.24, 2.45) is 0 Å². The fourth-order valence-electron chi connectivity index (χ4n) is 2.37. The zero-order valence-corrected chi connectivity index (χ0v) is 13.5. The van der Waals surface area contributed by atoms with Gasteiger partial charge in [-0.3, -0.25) is 0 Å². The molecule has 0 atom stereocenters. The topological polar surface area (TPSA) is 92.3 Å². The molecule has 0 radical (unpaired) electrons. The minimum Gasteiger partial charge on any atom is -0.458 e. The smallest absolute Gasteiger partial charge is 0.342 e. The number of anilines is 1. The van der Waals surface area contributed by atoms with Gasteiger partial charge in [0.15, 0.2) is 5.65 Å². The summed E-state index contributed by atoms with van der Waals surface area (Å²) in [6, 6.07) is 0. The molecule has 7 heteroatoms. The van der Waals surface area contributed by atoms with E-state index in [1.165, 1.54) is 6.08 Å². The van der Waals surface area contributed by atoms with Gasteiger partial charge in [-0.1, -0.05) is 12.7 Å². The third-order valence-electron chi connectivity index (χ3n) is 3.51. The lowest BCUT2D eigenvalue weighted by Gasteiger charge is -2.10. The molecule has 2 N–H and O–H groups in total. The average molecular weight is 318 g/mol. The van der Waals surface area contributed by atoms with Gasteiger partial charge in [-0.05, 0) is 19.8 Å². The van der Waals surface area contributed by atoms with Crippen molar-refractivity contribution >= 4 is 22.7 Å². The number of fused-ring (bicyclic) bond motifs is 1. The SMILES string of the molecule is C=CCOC(=O)c1c(C)nc2c(cnn2CCCCOC)c1N. The second-order valence-corrected chi connectivity index (χ2v) is 5.18. The maximum atomic E-state index is 12.1. The quantitative estimate of drug-likeness (QED) is 0.455. The predicted octanol–water partition coefficient (Wildman–Crippen LogP) is 2.09. The third-order valence-corrected chi connectivity index (χ3v) is 3.51. The number of carbonyl (C=O) groups excluding carboxylic acids is 1. The monoisotopic (exact) mass is 318 g/mol. The Hall–Kier alpha value is -2.41. The van der Waals surface area contributed by atoms with Crippen LogP contribution >= 0.6 is 0 Å². The number of carbonyl (C=O) groups is 1. The Balaban J connectivity index is 2.29. The van der Waals surface area contributed by atoms with E-state index in [9.17, 15) is 4.79 Å². The Bertz CT molecular complexity index is 709. The maximum Gasteiger partial charge on any atom is 0.342 e. The molecule has 7 nitrogen and oxygen atoms in total. The molecule has 124 valence electrons. The van der Waals surface area contributed by atoms with Gasteiger partial charge in [0.05, 0.1) is 23.0 Å². The summed E-state index contributed by atoms with van der Waals surface area (Å²) in [7, 11) is 1.68. The van der Waals surface area contributed by atoms with E-state index in [0.29, 0.717) is 34.6 Å². The Labute approximate surface area is 135 Å². The largest absolute Gasteiger partial charge is 0.458 e. The molecule has 0 unspecified atom stereocenters. The molecule has 0 aliphatic rings. The lowest BCUT2D eigenvalue weighted by Crippen LogP contribution is -2.12. The molecule has 0 amide bonds. The van der Waals surface area contributed by atoms with Gasteiger partial charge in [0.1, 0.15) is 12.2 Å².